The van der Waals surface area contributed by atoms with Gasteiger partial charge >= 0.3 is 0 Å². The number of aliphatic hydroxyl groups is 1. The van der Waals surface area contributed by atoms with Crippen molar-refractivity contribution in [3.63, 3.8) is 0 Å². The summed E-state index contributed by atoms with van der Waals surface area (Å²) in [5.41, 5.74) is -0.132. The molecule has 0 saturated heterocycles. The van der Waals surface area contributed by atoms with E-state index in [-0.39, 0.29) is 33.3 Å². The second-order valence-corrected chi connectivity index (χ2v) is 6.00. The van der Waals surface area contributed by atoms with Gasteiger partial charge in [0.15, 0.2) is 0 Å². The summed E-state index contributed by atoms with van der Waals surface area (Å²) < 4.78 is 0. The number of aliphatic hydroxyl groups excluding tert-OH is 1. The molecule has 0 aromatic heterocycles. The fourth-order valence-electron chi connectivity index (χ4n) is 2.10. The van der Waals surface area contributed by atoms with Crippen molar-refractivity contribution in [1.82, 2.24) is 5.32 Å². The van der Waals surface area contributed by atoms with E-state index in [1.165, 1.54) is 6.07 Å². The van der Waals surface area contributed by atoms with Gasteiger partial charge in [-0.1, -0.05) is 34.8 Å². The zero-order chi connectivity index (χ0) is 14.9. The van der Waals surface area contributed by atoms with Crippen molar-refractivity contribution in [1.29, 1.82) is 0 Å². The average Bonchev–Trinajstić information content (AvgIpc) is 3.20. The Balaban J connectivity index is 2.24. The fraction of sp³-hybridized carbons (Fsp3) is 0.462. The van der Waals surface area contributed by atoms with Crippen LogP contribution in [-0.4, -0.2) is 28.8 Å². The van der Waals surface area contributed by atoms with Crippen LogP contribution in [0.1, 0.15) is 29.6 Å². The number of amides is 1. The van der Waals surface area contributed by atoms with Crippen LogP contribution in [0.25, 0.3) is 0 Å². The van der Waals surface area contributed by atoms with Gasteiger partial charge in [0.2, 0.25) is 0 Å². The first-order valence-electron chi connectivity index (χ1n) is 6.24. The van der Waals surface area contributed by atoms with E-state index >= 15 is 0 Å². The Morgan fingerprint density at radius 1 is 1.35 bits per heavy atom. The van der Waals surface area contributed by atoms with Gasteiger partial charge in [-0.25, -0.2) is 0 Å². The molecule has 7 heteroatoms. The van der Waals surface area contributed by atoms with Gasteiger partial charge in [-0.2, -0.15) is 0 Å². The smallest absolute Gasteiger partial charge is 0.256 e. The van der Waals surface area contributed by atoms with Gasteiger partial charge < -0.3 is 15.5 Å². The maximum atomic E-state index is 12.3. The number of hydrogen-bond acceptors (Lipinski definition) is 3. The highest BCUT2D eigenvalue weighted by Crippen LogP contribution is 2.39. The van der Waals surface area contributed by atoms with E-state index in [0.717, 1.165) is 12.8 Å². The number of benzene rings is 1. The molecule has 110 valence electrons. The molecule has 1 aliphatic carbocycles. The van der Waals surface area contributed by atoms with E-state index in [2.05, 4.69) is 5.32 Å². The monoisotopic (exact) mass is 337 g/mol. The predicted octanol–water partition coefficient (Wildman–Crippen LogP) is 3.24. The summed E-state index contributed by atoms with van der Waals surface area (Å²) in [7, 11) is 0. The minimum atomic E-state index is -0.540. The number of phenols is 1. The van der Waals surface area contributed by atoms with E-state index in [0.29, 0.717) is 12.3 Å². The minimum Gasteiger partial charge on any atom is -0.505 e. The highest BCUT2D eigenvalue weighted by Gasteiger charge is 2.33. The molecule has 1 aliphatic rings. The standard InChI is InChI=1S/C13H14Cl3NO3/c14-7-5-8(15)12(19)10(11(7)16)13(20)17-9(3-4-18)6-1-2-6/h5-6,9,18-19H,1-4H2,(H,17,20). The third-order valence-electron chi connectivity index (χ3n) is 3.32. The molecule has 1 saturated carbocycles. The topological polar surface area (TPSA) is 69.6 Å². The predicted molar refractivity (Wildman–Crippen MR) is 78.8 cm³/mol. The summed E-state index contributed by atoms with van der Waals surface area (Å²) in [5.74, 6) is -0.568. The Hall–Kier alpha value is -0.680. The molecule has 1 amide bonds. The van der Waals surface area contributed by atoms with Gasteiger partial charge in [-0.05, 0) is 31.2 Å². The second kappa shape index (κ2) is 6.39. The maximum absolute atomic E-state index is 12.3. The molecule has 0 heterocycles. The quantitative estimate of drug-likeness (QED) is 0.722. The summed E-state index contributed by atoms with van der Waals surface area (Å²) in [6, 6.07) is 1.14. The van der Waals surface area contributed by atoms with Crippen LogP contribution >= 0.6 is 34.8 Å². The highest BCUT2D eigenvalue weighted by atomic mass is 35.5. The molecule has 3 N–H and O–H groups in total. The van der Waals surface area contributed by atoms with E-state index in [4.69, 9.17) is 39.9 Å². The molecule has 4 nitrogen and oxygen atoms in total. The molecular formula is C13H14Cl3NO3. The SMILES string of the molecule is O=C(NC(CCO)C1CC1)c1c(O)c(Cl)cc(Cl)c1Cl. The number of hydrogen-bond donors (Lipinski definition) is 3. The van der Waals surface area contributed by atoms with Crippen molar-refractivity contribution in [2.45, 2.75) is 25.3 Å². The molecule has 0 spiro atoms. The van der Waals surface area contributed by atoms with Crippen molar-refractivity contribution in [3.8, 4) is 5.75 Å². The molecule has 1 atom stereocenters. The number of carbonyl (C=O) groups excluding carboxylic acids is 1. The van der Waals surface area contributed by atoms with Crippen LogP contribution in [0, 0.1) is 5.92 Å². The van der Waals surface area contributed by atoms with Crippen LogP contribution < -0.4 is 5.32 Å². The summed E-state index contributed by atoms with van der Waals surface area (Å²) in [5, 5.41) is 21.7. The minimum absolute atomic E-state index is 0.0164. The van der Waals surface area contributed by atoms with Gasteiger partial charge in [-0.3, -0.25) is 4.79 Å². The summed E-state index contributed by atoms with van der Waals surface area (Å²) >= 11 is 17.6. The van der Waals surface area contributed by atoms with Crippen LogP contribution in [0.3, 0.4) is 0 Å². The van der Waals surface area contributed by atoms with Crippen LogP contribution in [0.2, 0.25) is 15.1 Å². The van der Waals surface area contributed by atoms with Crippen molar-refractivity contribution < 1.29 is 15.0 Å². The normalized spacial score (nSPS) is 16.0. The van der Waals surface area contributed by atoms with Crippen LogP contribution in [0.15, 0.2) is 6.07 Å². The average molecular weight is 339 g/mol. The number of rotatable bonds is 5. The summed E-state index contributed by atoms with van der Waals surface area (Å²) in [6.07, 6.45) is 2.49. The molecule has 0 radical (unpaired) electrons. The van der Waals surface area contributed by atoms with Gasteiger partial charge in [-0.15, -0.1) is 0 Å². The lowest BCUT2D eigenvalue weighted by Crippen LogP contribution is -2.37. The van der Waals surface area contributed by atoms with Gasteiger partial charge in [0, 0.05) is 12.6 Å². The zero-order valence-electron chi connectivity index (χ0n) is 10.5. The molecule has 0 bridgehead atoms. The second-order valence-electron chi connectivity index (χ2n) is 4.81. The highest BCUT2D eigenvalue weighted by molar-refractivity contribution is 6.45. The van der Waals surface area contributed by atoms with Crippen LogP contribution in [0.4, 0.5) is 0 Å². The molecule has 1 unspecified atom stereocenters. The van der Waals surface area contributed by atoms with Crippen molar-refractivity contribution in [3.05, 3.63) is 26.7 Å². The lowest BCUT2D eigenvalue weighted by Gasteiger charge is -2.18. The van der Waals surface area contributed by atoms with Crippen molar-refractivity contribution >= 4 is 40.7 Å². The van der Waals surface area contributed by atoms with Crippen LogP contribution in [-0.2, 0) is 0 Å². The molecule has 20 heavy (non-hydrogen) atoms. The van der Waals surface area contributed by atoms with Crippen LogP contribution in [0.5, 0.6) is 5.75 Å². The number of phenolic OH excluding ortho intramolecular Hbond substituents is 1. The Kier molecular flexibility index (Phi) is 5.02. The molecule has 0 aliphatic heterocycles. The van der Waals surface area contributed by atoms with Crippen molar-refractivity contribution in [2.75, 3.05) is 6.61 Å². The lowest BCUT2D eigenvalue weighted by atomic mass is 10.1. The Labute approximate surface area is 131 Å². The summed E-state index contributed by atoms with van der Waals surface area (Å²) in [4.78, 5) is 12.3. The molecular weight excluding hydrogens is 325 g/mol. The molecule has 1 fully saturated rings. The first-order valence-corrected chi connectivity index (χ1v) is 7.37. The summed E-state index contributed by atoms with van der Waals surface area (Å²) in [6.45, 7) is -0.0164. The Morgan fingerprint density at radius 3 is 2.55 bits per heavy atom. The van der Waals surface area contributed by atoms with E-state index < -0.39 is 11.7 Å². The number of aromatic hydroxyl groups is 1. The van der Waals surface area contributed by atoms with E-state index in [1.807, 2.05) is 0 Å². The van der Waals surface area contributed by atoms with Gasteiger partial charge in [0.05, 0.1) is 15.1 Å². The van der Waals surface area contributed by atoms with Crippen molar-refractivity contribution in [2.24, 2.45) is 5.92 Å². The lowest BCUT2D eigenvalue weighted by molar-refractivity contribution is 0.0922. The number of nitrogens with one attached hydrogen (secondary N) is 1. The van der Waals surface area contributed by atoms with E-state index in [9.17, 15) is 9.90 Å². The maximum Gasteiger partial charge on any atom is 0.256 e. The van der Waals surface area contributed by atoms with E-state index in [1.54, 1.807) is 0 Å². The molecule has 1 aromatic carbocycles. The third kappa shape index (κ3) is 3.31. The fourth-order valence-corrected chi connectivity index (χ4v) is 2.79. The first-order chi connectivity index (χ1) is 9.45. The van der Waals surface area contributed by atoms with Gasteiger partial charge in [0.1, 0.15) is 11.3 Å². The first kappa shape index (κ1) is 15.7. The third-order valence-corrected chi connectivity index (χ3v) is 4.40. The Morgan fingerprint density at radius 2 is 2.00 bits per heavy atom. The van der Waals surface area contributed by atoms with Gasteiger partial charge in [0.25, 0.3) is 5.91 Å². The Bertz CT molecular complexity index is 506. The zero-order valence-corrected chi connectivity index (χ0v) is 12.8. The molecule has 2 rings (SSSR count). The molecule has 1 aromatic rings. The number of carbonyl (C=O) groups is 1. The largest absolute Gasteiger partial charge is 0.505 e. The number of halogens is 3.